The van der Waals surface area contributed by atoms with Crippen molar-refractivity contribution in [2.45, 2.75) is 32.1 Å². The van der Waals surface area contributed by atoms with E-state index in [2.05, 4.69) is 54.7 Å². The van der Waals surface area contributed by atoms with Crippen LogP contribution >= 0.6 is 0 Å². The van der Waals surface area contributed by atoms with Gasteiger partial charge in [-0.25, -0.2) is 0 Å². The molecule has 1 nitrogen and oxygen atoms in total. The van der Waals surface area contributed by atoms with Crippen LogP contribution in [0.4, 0.5) is 0 Å². The Bertz CT molecular complexity index is 535. The van der Waals surface area contributed by atoms with Crippen molar-refractivity contribution >= 4 is 10.8 Å². The van der Waals surface area contributed by atoms with E-state index in [1.165, 1.54) is 48.7 Å². The Morgan fingerprint density at radius 1 is 1.16 bits per heavy atom. The zero-order chi connectivity index (χ0) is 13.1. The highest BCUT2D eigenvalue weighted by atomic mass is 14.9. The van der Waals surface area contributed by atoms with Gasteiger partial charge in [-0.05, 0) is 60.5 Å². The van der Waals surface area contributed by atoms with E-state index >= 15 is 0 Å². The van der Waals surface area contributed by atoms with Crippen LogP contribution in [-0.2, 0) is 0 Å². The monoisotopic (exact) mass is 253 g/mol. The minimum atomic E-state index is 0.649. The highest BCUT2D eigenvalue weighted by Crippen LogP contribution is 2.31. The third-order valence-electron chi connectivity index (χ3n) is 4.44. The fourth-order valence-electron chi connectivity index (χ4n) is 3.43. The number of piperidine rings is 1. The van der Waals surface area contributed by atoms with Crippen LogP contribution in [-0.4, -0.2) is 13.1 Å². The van der Waals surface area contributed by atoms with Crippen LogP contribution in [0, 0.1) is 5.92 Å². The molecular formula is C18H23N. The SMILES string of the molecule is C[C@@H](C[C@@H]1CCCNC1)c1cccc2ccccc12. The molecule has 0 aliphatic carbocycles. The molecule has 0 unspecified atom stereocenters. The number of benzene rings is 2. The lowest BCUT2D eigenvalue weighted by Gasteiger charge is -2.26. The first kappa shape index (κ1) is 12.7. The highest BCUT2D eigenvalue weighted by Gasteiger charge is 2.18. The van der Waals surface area contributed by atoms with E-state index < -0.39 is 0 Å². The van der Waals surface area contributed by atoms with Crippen molar-refractivity contribution in [3.8, 4) is 0 Å². The van der Waals surface area contributed by atoms with Crippen molar-refractivity contribution in [3.05, 3.63) is 48.0 Å². The maximum Gasteiger partial charge on any atom is -0.00203 e. The number of hydrogen-bond acceptors (Lipinski definition) is 1. The zero-order valence-electron chi connectivity index (χ0n) is 11.7. The summed E-state index contributed by atoms with van der Waals surface area (Å²) in [6, 6.07) is 15.5. The molecule has 0 radical (unpaired) electrons. The largest absolute Gasteiger partial charge is 0.316 e. The highest BCUT2D eigenvalue weighted by molar-refractivity contribution is 5.86. The van der Waals surface area contributed by atoms with E-state index in [1.54, 1.807) is 0 Å². The van der Waals surface area contributed by atoms with Gasteiger partial charge in [-0.3, -0.25) is 0 Å². The Hall–Kier alpha value is -1.34. The minimum Gasteiger partial charge on any atom is -0.316 e. The molecule has 1 saturated heterocycles. The molecule has 1 aliphatic heterocycles. The molecule has 1 fully saturated rings. The first-order valence-corrected chi connectivity index (χ1v) is 7.53. The van der Waals surface area contributed by atoms with Gasteiger partial charge >= 0.3 is 0 Å². The van der Waals surface area contributed by atoms with Crippen molar-refractivity contribution in [3.63, 3.8) is 0 Å². The summed E-state index contributed by atoms with van der Waals surface area (Å²) in [5.74, 6) is 1.50. The molecule has 100 valence electrons. The van der Waals surface area contributed by atoms with Gasteiger partial charge in [-0.15, -0.1) is 0 Å². The van der Waals surface area contributed by atoms with E-state index in [0.29, 0.717) is 5.92 Å². The van der Waals surface area contributed by atoms with E-state index in [4.69, 9.17) is 0 Å². The van der Waals surface area contributed by atoms with Crippen molar-refractivity contribution in [1.82, 2.24) is 5.32 Å². The standard InChI is InChI=1S/C18H23N/c1-14(12-15-6-5-11-19-13-15)17-10-4-8-16-7-2-3-9-18(16)17/h2-4,7-10,14-15,19H,5-6,11-13H2,1H3/t14-,15-/m0/s1. The van der Waals surface area contributed by atoms with Crippen LogP contribution in [0.15, 0.2) is 42.5 Å². The number of fused-ring (bicyclic) bond motifs is 1. The molecule has 0 aromatic heterocycles. The van der Waals surface area contributed by atoms with Crippen molar-refractivity contribution in [2.24, 2.45) is 5.92 Å². The molecule has 19 heavy (non-hydrogen) atoms. The van der Waals surface area contributed by atoms with Gasteiger partial charge < -0.3 is 5.32 Å². The normalized spacial score (nSPS) is 21.4. The first-order valence-electron chi connectivity index (χ1n) is 7.53. The van der Waals surface area contributed by atoms with Gasteiger partial charge in [0.1, 0.15) is 0 Å². The number of rotatable bonds is 3. The summed E-state index contributed by atoms with van der Waals surface area (Å²) in [5, 5.41) is 6.33. The average Bonchev–Trinajstić information content (AvgIpc) is 2.47. The molecule has 2 aromatic carbocycles. The smallest absolute Gasteiger partial charge is 0.00203 e. The Kier molecular flexibility index (Phi) is 3.84. The van der Waals surface area contributed by atoms with Crippen molar-refractivity contribution in [1.29, 1.82) is 0 Å². The Balaban J connectivity index is 1.82. The molecule has 3 rings (SSSR count). The molecule has 0 amide bonds. The second-order valence-electron chi connectivity index (χ2n) is 5.92. The summed E-state index contributed by atoms with van der Waals surface area (Å²) in [6.45, 7) is 4.80. The second-order valence-corrected chi connectivity index (χ2v) is 5.92. The van der Waals surface area contributed by atoms with Gasteiger partial charge in [0.25, 0.3) is 0 Å². The topological polar surface area (TPSA) is 12.0 Å². The summed E-state index contributed by atoms with van der Waals surface area (Å²) >= 11 is 0. The lowest BCUT2D eigenvalue weighted by molar-refractivity contribution is 0.341. The Morgan fingerprint density at radius 3 is 2.84 bits per heavy atom. The summed E-state index contributed by atoms with van der Waals surface area (Å²) in [4.78, 5) is 0. The fourth-order valence-corrected chi connectivity index (χ4v) is 3.43. The van der Waals surface area contributed by atoms with E-state index in [0.717, 1.165) is 5.92 Å². The van der Waals surface area contributed by atoms with Crippen LogP contribution in [0.2, 0.25) is 0 Å². The Labute approximate surface area is 116 Å². The molecule has 0 spiro atoms. The van der Waals surface area contributed by atoms with Crippen LogP contribution in [0.1, 0.15) is 37.7 Å². The summed E-state index contributed by atoms with van der Waals surface area (Å²) in [6.07, 6.45) is 4.04. The molecule has 2 atom stereocenters. The van der Waals surface area contributed by atoms with E-state index in [-0.39, 0.29) is 0 Å². The average molecular weight is 253 g/mol. The van der Waals surface area contributed by atoms with Crippen LogP contribution < -0.4 is 5.32 Å². The molecule has 1 heteroatoms. The lowest BCUT2D eigenvalue weighted by atomic mass is 9.84. The van der Waals surface area contributed by atoms with Gasteiger partial charge in [0.05, 0.1) is 0 Å². The molecule has 1 aliphatic rings. The Morgan fingerprint density at radius 2 is 2.00 bits per heavy atom. The molecule has 1 N–H and O–H groups in total. The number of nitrogens with one attached hydrogen (secondary N) is 1. The van der Waals surface area contributed by atoms with Gasteiger partial charge in [-0.1, -0.05) is 49.4 Å². The maximum atomic E-state index is 3.53. The van der Waals surface area contributed by atoms with Crippen LogP contribution in [0.3, 0.4) is 0 Å². The lowest BCUT2D eigenvalue weighted by Crippen LogP contribution is -2.30. The molecular weight excluding hydrogens is 230 g/mol. The van der Waals surface area contributed by atoms with Gasteiger partial charge in [0, 0.05) is 0 Å². The van der Waals surface area contributed by atoms with E-state index in [1.807, 2.05) is 0 Å². The second kappa shape index (κ2) is 5.75. The molecule has 2 aromatic rings. The summed E-state index contributed by atoms with van der Waals surface area (Å²) < 4.78 is 0. The van der Waals surface area contributed by atoms with Crippen molar-refractivity contribution in [2.75, 3.05) is 13.1 Å². The third kappa shape index (κ3) is 2.82. The van der Waals surface area contributed by atoms with Gasteiger partial charge in [0.15, 0.2) is 0 Å². The quantitative estimate of drug-likeness (QED) is 0.858. The fraction of sp³-hybridized carbons (Fsp3) is 0.444. The molecule has 0 saturated carbocycles. The van der Waals surface area contributed by atoms with Crippen LogP contribution in [0.25, 0.3) is 10.8 Å². The predicted octanol–water partition coefficient (Wildman–Crippen LogP) is 4.33. The molecule has 0 bridgehead atoms. The maximum absolute atomic E-state index is 3.53. The summed E-state index contributed by atoms with van der Waals surface area (Å²) in [7, 11) is 0. The first-order chi connectivity index (χ1) is 9.34. The summed E-state index contributed by atoms with van der Waals surface area (Å²) in [5.41, 5.74) is 1.52. The van der Waals surface area contributed by atoms with Crippen molar-refractivity contribution < 1.29 is 0 Å². The predicted molar refractivity (Wildman–Crippen MR) is 82.6 cm³/mol. The zero-order valence-corrected chi connectivity index (χ0v) is 11.7. The minimum absolute atomic E-state index is 0.649. The third-order valence-corrected chi connectivity index (χ3v) is 4.44. The number of hydrogen-bond donors (Lipinski definition) is 1. The van der Waals surface area contributed by atoms with Gasteiger partial charge in [-0.2, -0.15) is 0 Å². The van der Waals surface area contributed by atoms with Crippen LogP contribution in [0.5, 0.6) is 0 Å². The van der Waals surface area contributed by atoms with Gasteiger partial charge in [0.2, 0.25) is 0 Å². The molecule has 1 heterocycles. The van der Waals surface area contributed by atoms with E-state index in [9.17, 15) is 0 Å².